The molecule has 1 aromatic carbocycles. The molecule has 0 N–H and O–H groups in total. The second-order valence-corrected chi connectivity index (χ2v) is 8.24. The first kappa shape index (κ1) is 19.6. The van der Waals surface area contributed by atoms with Gasteiger partial charge < -0.3 is 9.80 Å². The van der Waals surface area contributed by atoms with Crippen molar-refractivity contribution in [2.75, 3.05) is 31.1 Å². The standard InChI is InChI=1S/C23H26N4OS/c1-3-20-19(16-18-8-5-4-6-9-18)22(25-17(2)24-20)26-11-13-27(14-12-26)23(28)21-10-7-15-29-21/h4-10,15H,3,11-14,16H2,1-2H3. The third-order valence-corrected chi connectivity index (χ3v) is 6.20. The van der Waals surface area contributed by atoms with Crippen LogP contribution in [0.15, 0.2) is 47.8 Å². The number of nitrogens with zero attached hydrogens (tertiary/aromatic N) is 4. The van der Waals surface area contributed by atoms with Crippen LogP contribution in [0.25, 0.3) is 0 Å². The van der Waals surface area contributed by atoms with Gasteiger partial charge in [0, 0.05) is 43.9 Å². The van der Waals surface area contributed by atoms with Gasteiger partial charge in [0.15, 0.2) is 0 Å². The Hall–Kier alpha value is -2.73. The average molecular weight is 407 g/mol. The lowest BCUT2D eigenvalue weighted by Gasteiger charge is -2.36. The van der Waals surface area contributed by atoms with E-state index in [1.54, 1.807) is 0 Å². The number of carbonyl (C=O) groups is 1. The van der Waals surface area contributed by atoms with Crippen LogP contribution in [0.2, 0.25) is 0 Å². The van der Waals surface area contributed by atoms with Crippen LogP contribution in [0.1, 0.15) is 39.2 Å². The molecule has 1 amide bonds. The average Bonchev–Trinajstić information content (AvgIpc) is 3.30. The minimum Gasteiger partial charge on any atom is -0.353 e. The molecule has 1 aliphatic heterocycles. The summed E-state index contributed by atoms with van der Waals surface area (Å²) in [6.45, 7) is 7.12. The number of benzene rings is 1. The molecule has 150 valence electrons. The highest BCUT2D eigenvalue weighted by Gasteiger charge is 2.26. The van der Waals surface area contributed by atoms with E-state index in [2.05, 4.69) is 36.1 Å². The molecule has 0 radical (unpaired) electrons. The van der Waals surface area contributed by atoms with Gasteiger partial charge in [-0.15, -0.1) is 11.3 Å². The lowest BCUT2D eigenvalue weighted by Crippen LogP contribution is -2.49. The molecule has 3 heterocycles. The topological polar surface area (TPSA) is 49.3 Å². The second-order valence-electron chi connectivity index (χ2n) is 7.29. The van der Waals surface area contributed by atoms with Crippen molar-refractivity contribution in [3.8, 4) is 0 Å². The highest BCUT2D eigenvalue weighted by Crippen LogP contribution is 2.26. The van der Waals surface area contributed by atoms with E-state index in [9.17, 15) is 4.79 Å². The zero-order valence-electron chi connectivity index (χ0n) is 17.0. The second kappa shape index (κ2) is 8.74. The Balaban J connectivity index is 1.56. The zero-order chi connectivity index (χ0) is 20.2. The molecular formula is C23H26N4OS. The van der Waals surface area contributed by atoms with E-state index in [1.807, 2.05) is 35.4 Å². The summed E-state index contributed by atoms with van der Waals surface area (Å²) in [5.41, 5.74) is 3.60. The number of amides is 1. The van der Waals surface area contributed by atoms with Gasteiger partial charge in [0.1, 0.15) is 11.6 Å². The summed E-state index contributed by atoms with van der Waals surface area (Å²) in [5.74, 6) is 1.98. The van der Waals surface area contributed by atoms with E-state index in [4.69, 9.17) is 9.97 Å². The Morgan fingerprint density at radius 3 is 2.45 bits per heavy atom. The van der Waals surface area contributed by atoms with Crippen molar-refractivity contribution in [3.63, 3.8) is 0 Å². The Kier molecular flexibility index (Phi) is 5.90. The first-order chi connectivity index (χ1) is 14.2. The van der Waals surface area contributed by atoms with Crippen LogP contribution in [-0.4, -0.2) is 47.0 Å². The minimum atomic E-state index is 0.136. The fourth-order valence-electron chi connectivity index (χ4n) is 3.85. The Morgan fingerprint density at radius 2 is 1.79 bits per heavy atom. The fraction of sp³-hybridized carbons (Fsp3) is 0.348. The van der Waals surface area contributed by atoms with Crippen molar-refractivity contribution < 1.29 is 4.79 Å². The highest BCUT2D eigenvalue weighted by atomic mass is 32.1. The van der Waals surface area contributed by atoms with Gasteiger partial charge in [-0.25, -0.2) is 9.97 Å². The van der Waals surface area contributed by atoms with Crippen LogP contribution in [0.4, 0.5) is 5.82 Å². The molecule has 0 unspecified atom stereocenters. The molecule has 6 heteroatoms. The number of piperazine rings is 1. The van der Waals surface area contributed by atoms with Crippen LogP contribution in [0.5, 0.6) is 0 Å². The maximum atomic E-state index is 12.7. The number of aromatic nitrogens is 2. The fourth-order valence-corrected chi connectivity index (χ4v) is 4.54. The monoisotopic (exact) mass is 406 g/mol. The largest absolute Gasteiger partial charge is 0.353 e. The molecule has 3 aromatic rings. The molecule has 4 rings (SSSR count). The van der Waals surface area contributed by atoms with Gasteiger partial charge in [0.2, 0.25) is 0 Å². The summed E-state index contributed by atoms with van der Waals surface area (Å²) in [5, 5.41) is 1.95. The maximum Gasteiger partial charge on any atom is 0.264 e. The summed E-state index contributed by atoms with van der Waals surface area (Å²) in [7, 11) is 0. The first-order valence-electron chi connectivity index (χ1n) is 10.1. The van der Waals surface area contributed by atoms with Crippen molar-refractivity contribution in [3.05, 3.63) is 75.4 Å². The molecule has 0 bridgehead atoms. The van der Waals surface area contributed by atoms with Gasteiger partial charge in [-0.3, -0.25) is 4.79 Å². The molecule has 0 saturated carbocycles. The van der Waals surface area contributed by atoms with Crippen LogP contribution in [0.3, 0.4) is 0 Å². The quantitative estimate of drug-likeness (QED) is 0.643. The Bertz CT molecular complexity index is 964. The van der Waals surface area contributed by atoms with E-state index >= 15 is 0 Å². The van der Waals surface area contributed by atoms with E-state index < -0.39 is 0 Å². The van der Waals surface area contributed by atoms with Gasteiger partial charge in [0.05, 0.1) is 4.88 Å². The predicted octanol–water partition coefficient (Wildman–Crippen LogP) is 3.96. The van der Waals surface area contributed by atoms with E-state index in [1.165, 1.54) is 22.5 Å². The zero-order valence-corrected chi connectivity index (χ0v) is 17.8. The van der Waals surface area contributed by atoms with Crippen LogP contribution in [0, 0.1) is 6.92 Å². The lowest BCUT2D eigenvalue weighted by molar-refractivity contribution is 0.0751. The molecular weight excluding hydrogens is 380 g/mol. The van der Waals surface area contributed by atoms with Crippen LogP contribution < -0.4 is 4.90 Å². The lowest BCUT2D eigenvalue weighted by atomic mass is 10.0. The van der Waals surface area contributed by atoms with Crippen LogP contribution in [-0.2, 0) is 12.8 Å². The van der Waals surface area contributed by atoms with Gasteiger partial charge in [-0.05, 0) is 30.4 Å². The van der Waals surface area contributed by atoms with Crippen molar-refractivity contribution >= 4 is 23.1 Å². The van der Waals surface area contributed by atoms with Gasteiger partial charge in [-0.2, -0.15) is 0 Å². The number of aryl methyl sites for hydroxylation is 2. The Morgan fingerprint density at radius 1 is 1.03 bits per heavy atom. The molecule has 0 atom stereocenters. The van der Waals surface area contributed by atoms with Crippen molar-refractivity contribution in [2.45, 2.75) is 26.7 Å². The molecule has 1 saturated heterocycles. The SMILES string of the molecule is CCc1nc(C)nc(N2CCN(C(=O)c3cccs3)CC2)c1Cc1ccccc1. The van der Waals surface area contributed by atoms with Crippen molar-refractivity contribution in [1.29, 1.82) is 0 Å². The summed E-state index contributed by atoms with van der Waals surface area (Å²) in [6, 6.07) is 14.3. The molecule has 1 aliphatic rings. The molecule has 0 aliphatic carbocycles. The molecule has 29 heavy (non-hydrogen) atoms. The molecule has 5 nitrogen and oxygen atoms in total. The summed E-state index contributed by atoms with van der Waals surface area (Å²) < 4.78 is 0. The van der Waals surface area contributed by atoms with Gasteiger partial charge in [-0.1, -0.05) is 43.3 Å². The number of rotatable bonds is 5. The van der Waals surface area contributed by atoms with Gasteiger partial charge in [0.25, 0.3) is 5.91 Å². The number of anilines is 1. The highest BCUT2D eigenvalue weighted by molar-refractivity contribution is 7.12. The molecule has 0 spiro atoms. The van der Waals surface area contributed by atoms with Crippen molar-refractivity contribution in [1.82, 2.24) is 14.9 Å². The maximum absolute atomic E-state index is 12.7. The van der Waals surface area contributed by atoms with E-state index in [0.29, 0.717) is 13.1 Å². The Labute approximate surface area is 176 Å². The third-order valence-electron chi connectivity index (χ3n) is 5.34. The number of hydrogen-bond donors (Lipinski definition) is 0. The summed E-state index contributed by atoms with van der Waals surface area (Å²) in [4.78, 5) is 27.3. The van der Waals surface area contributed by atoms with Crippen LogP contribution >= 0.6 is 11.3 Å². The number of hydrogen-bond acceptors (Lipinski definition) is 5. The predicted molar refractivity (Wildman–Crippen MR) is 118 cm³/mol. The summed E-state index contributed by atoms with van der Waals surface area (Å²) in [6.07, 6.45) is 1.71. The molecule has 2 aromatic heterocycles. The number of carbonyl (C=O) groups excluding carboxylic acids is 1. The summed E-state index contributed by atoms with van der Waals surface area (Å²) >= 11 is 1.51. The minimum absolute atomic E-state index is 0.136. The van der Waals surface area contributed by atoms with Crippen molar-refractivity contribution in [2.24, 2.45) is 0 Å². The smallest absolute Gasteiger partial charge is 0.264 e. The third kappa shape index (κ3) is 4.32. The molecule has 1 fully saturated rings. The first-order valence-corrected chi connectivity index (χ1v) is 11.0. The van der Waals surface area contributed by atoms with Gasteiger partial charge >= 0.3 is 0 Å². The normalized spacial score (nSPS) is 14.3. The number of thiophene rings is 1. The van der Waals surface area contributed by atoms with E-state index in [0.717, 1.165) is 48.1 Å². The van der Waals surface area contributed by atoms with E-state index in [-0.39, 0.29) is 5.91 Å².